The molecule has 1 aromatic heterocycles. The quantitative estimate of drug-likeness (QED) is 0.663. The number of ether oxygens (including phenoxy) is 1. The molecule has 0 aliphatic rings. The lowest BCUT2D eigenvalue weighted by Gasteiger charge is -2.05. The van der Waals surface area contributed by atoms with Crippen molar-refractivity contribution in [1.29, 1.82) is 0 Å². The molecule has 1 aromatic carbocycles. The Bertz CT molecular complexity index is 599. The summed E-state index contributed by atoms with van der Waals surface area (Å²) in [5.74, 6) is 0.671. The van der Waals surface area contributed by atoms with Crippen molar-refractivity contribution in [3.8, 4) is 11.6 Å². The summed E-state index contributed by atoms with van der Waals surface area (Å²) in [6, 6.07) is 10.1. The van der Waals surface area contributed by atoms with Gasteiger partial charge in [0.15, 0.2) is 0 Å². The molecule has 6 nitrogen and oxygen atoms in total. The van der Waals surface area contributed by atoms with Crippen molar-refractivity contribution >= 4 is 11.5 Å². The molecule has 0 aliphatic heterocycles. The van der Waals surface area contributed by atoms with Crippen LogP contribution in [0, 0.1) is 17.0 Å². The first kappa shape index (κ1) is 11.8. The molecule has 0 radical (unpaired) electrons. The Morgan fingerprint density at radius 2 is 2.11 bits per heavy atom. The summed E-state index contributed by atoms with van der Waals surface area (Å²) in [5, 5.41) is 10.6. The number of aryl methyl sites for hydroxylation is 1. The monoisotopic (exact) mass is 245 g/mol. The summed E-state index contributed by atoms with van der Waals surface area (Å²) in [4.78, 5) is 13.8. The van der Waals surface area contributed by atoms with Crippen molar-refractivity contribution in [3.63, 3.8) is 0 Å². The average Bonchev–Trinajstić information content (AvgIpc) is 2.28. The minimum absolute atomic E-state index is 0.162. The summed E-state index contributed by atoms with van der Waals surface area (Å²) < 4.78 is 5.46. The molecule has 0 saturated heterocycles. The van der Waals surface area contributed by atoms with Crippen LogP contribution in [0.1, 0.15) is 5.56 Å². The van der Waals surface area contributed by atoms with Crippen molar-refractivity contribution in [3.05, 3.63) is 52.1 Å². The summed E-state index contributed by atoms with van der Waals surface area (Å²) in [7, 11) is 0. The zero-order valence-corrected chi connectivity index (χ0v) is 9.66. The van der Waals surface area contributed by atoms with Gasteiger partial charge in [-0.2, -0.15) is 4.98 Å². The number of nitrogens with two attached hydrogens (primary N) is 1. The van der Waals surface area contributed by atoms with Crippen LogP contribution in [-0.4, -0.2) is 9.91 Å². The number of rotatable bonds is 3. The highest BCUT2D eigenvalue weighted by Crippen LogP contribution is 2.25. The second-order valence-electron chi connectivity index (χ2n) is 3.73. The Morgan fingerprint density at radius 1 is 1.33 bits per heavy atom. The Balaban J connectivity index is 2.25. The van der Waals surface area contributed by atoms with Crippen LogP contribution in [0.15, 0.2) is 36.4 Å². The SMILES string of the molecule is Cc1cccc(Oc2ccc([N+](=O)[O-])c(N)n2)c1. The van der Waals surface area contributed by atoms with Crippen LogP contribution in [0.5, 0.6) is 11.6 Å². The fourth-order valence-electron chi connectivity index (χ4n) is 1.46. The van der Waals surface area contributed by atoms with Gasteiger partial charge in [-0.1, -0.05) is 12.1 Å². The lowest BCUT2D eigenvalue weighted by Crippen LogP contribution is -1.99. The van der Waals surface area contributed by atoms with Gasteiger partial charge in [-0.3, -0.25) is 10.1 Å². The summed E-state index contributed by atoms with van der Waals surface area (Å²) in [6.45, 7) is 1.94. The highest BCUT2D eigenvalue weighted by Gasteiger charge is 2.13. The maximum atomic E-state index is 10.6. The van der Waals surface area contributed by atoms with Crippen LogP contribution in [0.3, 0.4) is 0 Å². The third-order valence-corrected chi connectivity index (χ3v) is 2.29. The van der Waals surface area contributed by atoms with E-state index < -0.39 is 4.92 Å². The van der Waals surface area contributed by atoms with Gasteiger partial charge in [-0.05, 0) is 24.6 Å². The van der Waals surface area contributed by atoms with Gasteiger partial charge in [0.05, 0.1) is 4.92 Å². The maximum absolute atomic E-state index is 10.6. The van der Waals surface area contributed by atoms with Gasteiger partial charge in [0.1, 0.15) is 5.75 Å². The van der Waals surface area contributed by atoms with Gasteiger partial charge in [-0.15, -0.1) is 0 Å². The Kier molecular flexibility index (Phi) is 3.09. The zero-order chi connectivity index (χ0) is 13.1. The van der Waals surface area contributed by atoms with Crippen molar-refractivity contribution < 1.29 is 9.66 Å². The summed E-state index contributed by atoms with van der Waals surface area (Å²) >= 11 is 0. The minimum atomic E-state index is -0.585. The molecule has 92 valence electrons. The zero-order valence-electron chi connectivity index (χ0n) is 9.66. The van der Waals surface area contributed by atoms with Crippen LogP contribution in [0.2, 0.25) is 0 Å². The molecular formula is C12H11N3O3. The van der Waals surface area contributed by atoms with E-state index in [-0.39, 0.29) is 17.4 Å². The first-order chi connectivity index (χ1) is 8.56. The molecule has 2 rings (SSSR count). The second kappa shape index (κ2) is 4.70. The summed E-state index contributed by atoms with van der Waals surface area (Å²) in [6.07, 6.45) is 0. The van der Waals surface area contributed by atoms with Gasteiger partial charge < -0.3 is 10.5 Å². The van der Waals surface area contributed by atoms with Crippen LogP contribution < -0.4 is 10.5 Å². The van der Waals surface area contributed by atoms with E-state index in [0.717, 1.165) is 5.56 Å². The topological polar surface area (TPSA) is 91.3 Å². The van der Waals surface area contributed by atoms with Crippen LogP contribution in [-0.2, 0) is 0 Å². The number of hydrogen-bond acceptors (Lipinski definition) is 5. The Hall–Kier alpha value is -2.63. The molecule has 0 atom stereocenters. The maximum Gasteiger partial charge on any atom is 0.311 e. The van der Waals surface area contributed by atoms with E-state index in [9.17, 15) is 10.1 Å². The Labute approximate surface area is 103 Å². The van der Waals surface area contributed by atoms with E-state index in [2.05, 4.69) is 4.98 Å². The molecule has 18 heavy (non-hydrogen) atoms. The van der Waals surface area contributed by atoms with Gasteiger partial charge in [0.25, 0.3) is 0 Å². The first-order valence-corrected chi connectivity index (χ1v) is 5.21. The van der Waals surface area contributed by atoms with Crippen molar-refractivity contribution in [2.75, 3.05) is 5.73 Å². The molecular weight excluding hydrogens is 234 g/mol. The standard InChI is InChI=1S/C12H11N3O3/c1-8-3-2-4-9(7-8)18-11-6-5-10(15(16)17)12(13)14-11/h2-7H,1H3,(H2,13,14). The van der Waals surface area contributed by atoms with Crippen LogP contribution >= 0.6 is 0 Å². The lowest BCUT2D eigenvalue weighted by atomic mass is 10.2. The molecule has 0 unspecified atom stereocenters. The highest BCUT2D eigenvalue weighted by atomic mass is 16.6. The smallest absolute Gasteiger partial charge is 0.311 e. The number of aromatic nitrogens is 1. The van der Waals surface area contributed by atoms with E-state index >= 15 is 0 Å². The summed E-state index contributed by atoms with van der Waals surface area (Å²) in [5.41, 5.74) is 6.29. The number of benzene rings is 1. The van der Waals surface area contributed by atoms with E-state index in [0.29, 0.717) is 5.75 Å². The van der Waals surface area contributed by atoms with Gasteiger partial charge >= 0.3 is 5.69 Å². The minimum Gasteiger partial charge on any atom is -0.439 e. The molecule has 2 N–H and O–H groups in total. The lowest BCUT2D eigenvalue weighted by molar-refractivity contribution is -0.384. The van der Waals surface area contributed by atoms with Gasteiger partial charge in [0.2, 0.25) is 11.7 Å². The molecule has 0 aliphatic carbocycles. The van der Waals surface area contributed by atoms with Crippen LogP contribution in [0.25, 0.3) is 0 Å². The predicted octanol–water partition coefficient (Wildman–Crippen LogP) is 2.67. The Morgan fingerprint density at radius 3 is 2.72 bits per heavy atom. The average molecular weight is 245 g/mol. The number of hydrogen-bond donors (Lipinski definition) is 1. The number of nitrogens with zero attached hydrogens (tertiary/aromatic N) is 2. The van der Waals surface area contributed by atoms with E-state index in [1.807, 2.05) is 25.1 Å². The molecule has 0 spiro atoms. The van der Waals surface area contributed by atoms with Crippen molar-refractivity contribution in [1.82, 2.24) is 4.98 Å². The second-order valence-corrected chi connectivity index (χ2v) is 3.73. The van der Waals surface area contributed by atoms with E-state index in [4.69, 9.17) is 10.5 Å². The van der Waals surface area contributed by atoms with E-state index in [1.165, 1.54) is 12.1 Å². The number of anilines is 1. The van der Waals surface area contributed by atoms with Crippen LogP contribution in [0.4, 0.5) is 11.5 Å². The van der Waals surface area contributed by atoms with Gasteiger partial charge in [0, 0.05) is 12.1 Å². The molecule has 0 amide bonds. The fourth-order valence-corrected chi connectivity index (χ4v) is 1.46. The molecule has 0 saturated carbocycles. The first-order valence-electron chi connectivity index (χ1n) is 5.21. The number of nitrogen functional groups attached to an aromatic ring is 1. The van der Waals surface area contributed by atoms with Crippen molar-refractivity contribution in [2.24, 2.45) is 0 Å². The fraction of sp³-hybridized carbons (Fsp3) is 0.0833. The molecule has 6 heteroatoms. The highest BCUT2D eigenvalue weighted by molar-refractivity contribution is 5.53. The molecule has 0 fully saturated rings. The van der Waals surface area contributed by atoms with Gasteiger partial charge in [-0.25, -0.2) is 0 Å². The molecule has 2 aromatic rings. The van der Waals surface area contributed by atoms with Crippen molar-refractivity contribution in [2.45, 2.75) is 6.92 Å². The third-order valence-electron chi connectivity index (χ3n) is 2.29. The molecule has 1 heterocycles. The number of pyridine rings is 1. The third kappa shape index (κ3) is 2.54. The van der Waals surface area contributed by atoms with E-state index in [1.54, 1.807) is 6.07 Å². The number of nitro groups is 1. The largest absolute Gasteiger partial charge is 0.439 e. The normalized spacial score (nSPS) is 10.1. The molecule has 0 bridgehead atoms. The predicted molar refractivity (Wildman–Crippen MR) is 66.6 cm³/mol.